The van der Waals surface area contributed by atoms with E-state index in [1.165, 1.54) is 36.2 Å². The predicted molar refractivity (Wildman–Crippen MR) is 142 cm³/mol. The van der Waals surface area contributed by atoms with Crippen molar-refractivity contribution in [1.82, 2.24) is 10.2 Å². The van der Waals surface area contributed by atoms with Gasteiger partial charge >= 0.3 is 0 Å². The fourth-order valence-corrected chi connectivity index (χ4v) is 5.46. The zero-order valence-electron chi connectivity index (χ0n) is 20.7. The van der Waals surface area contributed by atoms with Gasteiger partial charge in [-0.25, -0.2) is 8.42 Å². The van der Waals surface area contributed by atoms with Gasteiger partial charge in [-0.1, -0.05) is 54.1 Å². The number of nitrogens with one attached hydrogen (secondary N) is 1. The summed E-state index contributed by atoms with van der Waals surface area (Å²) in [4.78, 5) is 27.7. The summed E-state index contributed by atoms with van der Waals surface area (Å²) in [6, 6.07) is 19.5. The number of aryl methyl sites for hydroxylation is 2. The molecule has 0 heterocycles. The Morgan fingerprint density at radius 2 is 1.50 bits per heavy atom. The standard InChI is InChI=1S/C27H30ClN3O4S/c1-19-9-5-7-11-22(19)17-30(21(3)27(33)29-4)26(32)18-31(25-12-8-6-10-20(25)2)36(34,35)24-15-13-23(28)14-16-24/h5-16,21H,17-18H2,1-4H3,(H,29,33)/t21-/m0/s1. The minimum Gasteiger partial charge on any atom is -0.357 e. The molecule has 0 aliphatic rings. The van der Waals surface area contributed by atoms with Crippen molar-refractivity contribution >= 4 is 39.1 Å². The summed E-state index contributed by atoms with van der Waals surface area (Å²) in [6.45, 7) is 5.00. The number of sulfonamides is 1. The third-order valence-corrected chi connectivity index (χ3v) is 8.11. The Morgan fingerprint density at radius 1 is 0.917 bits per heavy atom. The molecule has 1 atom stereocenters. The fourth-order valence-electron chi connectivity index (χ4n) is 3.85. The van der Waals surface area contributed by atoms with Crippen molar-refractivity contribution in [3.05, 3.63) is 94.5 Å². The van der Waals surface area contributed by atoms with E-state index in [2.05, 4.69) is 5.32 Å². The van der Waals surface area contributed by atoms with Crippen LogP contribution in [0.5, 0.6) is 0 Å². The second-order valence-corrected chi connectivity index (χ2v) is 10.8. The molecule has 0 saturated heterocycles. The van der Waals surface area contributed by atoms with Gasteiger partial charge in [0, 0.05) is 18.6 Å². The van der Waals surface area contributed by atoms with Crippen LogP contribution < -0.4 is 9.62 Å². The number of likely N-dealkylation sites (N-methyl/N-ethyl adjacent to an activating group) is 1. The molecule has 2 amide bonds. The maximum absolute atomic E-state index is 13.8. The predicted octanol–water partition coefficient (Wildman–Crippen LogP) is 4.32. The maximum atomic E-state index is 13.8. The third kappa shape index (κ3) is 6.06. The molecule has 3 aromatic rings. The molecule has 1 N–H and O–H groups in total. The number of rotatable bonds is 9. The molecule has 3 aromatic carbocycles. The molecule has 0 unspecified atom stereocenters. The van der Waals surface area contributed by atoms with Crippen LogP contribution in [0.2, 0.25) is 5.02 Å². The van der Waals surface area contributed by atoms with Gasteiger partial charge in [0.25, 0.3) is 10.0 Å². The number of hydrogen-bond donors (Lipinski definition) is 1. The Labute approximate surface area is 217 Å². The molecular formula is C27H30ClN3O4S. The Morgan fingerprint density at radius 3 is 2.08 bits per heavy atom. The van der Waals surface area contributed by atoms with Gasteiger partial charge in [0.05, 0.1) is 10.6 Å². The van der Waals surface area contributed by atoms with E-state index in [4.69, 9.17) is 11.6 Å². The number of benzene rings is 3. The Kier molecular flexibility index (Phi) is 8.76. The Bertz CT molecular complexity index is 1340. The van der Waals surface area contributed by atoms with Crippen LogP contribution in [-0.4, -0.2) is 44.8 Å². The van der Waals surface area contributed by atoms with Crippen molar-refractivity contribution in [2.45, 2.75) is 38.3 Å². The van der Waals surface area contributed by atoms with Crippen molar-refractivity contribution in [3.8, 4) is 0 Å². The average Bonchev–Trinajstić information content (AvgIpc) is 2.86. The summed E-state index contributed by atoms with van der Waals surface area (Å²) in [5.41, 5.74) is 2.89. The van der Waals surface area contributed by atoms with Crippen LogP contribution in [0.25, 0.3) is 0 Å². The van der Waals surface area contributed by atoms with E-state index in [0.717, 1.165) is 15.4 Å². The number of hydrogen-bond acceptors (Lipinski definition) is 4. The summed E-state index contributed by atoms with van der Waals surface area (Å²) in [5, 5.41) is 2.98. The largest absolute Gasteiger partial charge is 0.357 e. The SMILES string of the molecule is CNC(=O)[C@H](C)N(Cc1ccccc1C)C(=O)CN(c1ccccc1C)S(=O)(=O)c1ccc(Cl)cc1. The molecule has 0 spiro atoms. The molecule has 0 saturated carbocycles. The van der Waals surface area contributed by atoms with Crippen LogP contribution in [-0.2, 0) is 26.2 Å². The quantitative estimate of drug-likeness (QED) is 0.449. The zero-order chi connectivity index (χ0) is 26.5. The lowest BCUT2D eigenvalue weighted by Gasteiger charge is -2.32. The molecule has 9 heteroatoms. The lowest BCUT2D eigenvalue weighted by molar-refractivity contribution is -0.139. The van der Waals surface area contributed by atoms with Gasteiger partial charge in [0.2, 0.25) is 11.8 Å². The van der Waals surface area contributed by atoms with Gasteiger partial charge in [-0.3, -0.25) is 13.9 Å². The van der Waals surface area contributed by atoms with Crippen molar-refractivity contribution in [1.29, 1.82) is 0 Å². The van der Waals surface area contributed by atoms with Gasteiger partial charge in [0.15, 0.2) is 0 Å². The minimum atomic E-state index is -4.13. The molecular weight excluding hydrogens is 498 g/mol. The fraction of sp³-hybridized carbons (Fsp3) is 0.259. The molecule has 0 aromatic heterocycles. The molecule has 3 rings (SSSR count). The number of para-hydroxylation sites is 1. The van der Waals surface area contributed by atoms with Gasteiger partial charge in [-0.05, 0) is 67.8 Å². The second kappa shape index (κ2) is 11.6. The topological polar surface area (TPSA) is 86.8 Å². The van der Waals surface area contributed by atoms with Crippen LogP contribution in [0.1, 0.15) is 23.6 Å². The highest BCUT2D eigenvalue weighted by molar-refractivity contribution is 7.92. The lowest BCUT2D eigenvalue weighted by atomic mass is 10.1. The normalized spacial score (nSPS) is 12.0. The smallest absolute Gasteiger partial charge is 0.264 e. The molecule has 0 fully saturated rings. The van der Waals surface area contributed by atoms with E-state index in [1.807, 2.05) is 31.2 Å². The first-order valence-corrected chi connectivity index (χ1v) is 13.3. The van der Waals surface area contributed by atoms with Crippen LogP contribution in [0.4, 0.5) is 5.69 Å². The highest BCUT2D eigenvalue weighted by Crippen LogP contribution is 2.28. The number of carbonyl (C=O) groups excluding carboxylic acids is 2. The van der Waals surface area contributed by atoms with Gasteiger partial charge in [0.1, 0.15) is 12.6 Å². The Balaban J connectivity index is 2.06. The zero-order valence-corrected chi connectivity index (χ0v) is 22.3. The van der Waals surface area contributed by atoms with Crippen molar-refractivity contribution in [3.63, 3.8) is 0 Å². The summed E-state index contributed by atoms with van der Waals surface area (Å²) >= 11 is 5.97. The highest BCUT2D eigenvalue weighted by atomic mass is 35.5. The first-order chi connectivity index (χ1) is 17.1. The van der Waals surface area contributed by atoms with Gasteiger partial charge in [-0.2, -0.15) is 0 Å². The van der Waals surface area contributed by atoms with Crippen LogP contribution in [0.15, 0.2) is 77.7 Å². The first kappa shape index (κ1) is 27.2. The van der Waals surface area contributed by atoms with E-state index in [-0.39, 0.29) is 17.3 Å². The van der Waals surface area contributed by atoms with E-state index < -0.39 is 28.5 Å². The van der Waals surface area contributed by atoms with E-state index >= 15 is 0 Å². The van der Waals surface area contributed by atoms with Crippen LogP contribution in [0, 0.1) is 13.8 Å². The number of amides is 2. The summed E-state index contributed by atoms with van der Waals surface area (Å²) in [5.74, 6) is -0.852. The average molecular weight is 528 g/mol. The molecule has 0 radical (unpaired) electrons. The molecule has 36 heavy (non-hydrogen) atoms. The Hall–Kier alpha value is -3.36. The number of carbonyl (C=O) groups is 2. The molecule has 0 aliphatic heterocycles. The summed E-state index contributed by atoms with van der Waals surface area (Å²) < 4.78 is 28.6. The first-order valence-electron chi connectivity index (χ1n) is 11.5. The summed E-state index contributed by atoms with van der Waals surface area (Å²) in [6.07, 6.45) is 0. The number of halogens is 1. The molecule has 7 nitrogen and oxygen atoms in total. The number of nitrogens with zero attached hydrogens (tertiary/aromatic N) is 2. The van der Waals surface area contributed by atoms with Crippen molar-refractivity contribution < 1.29 is 18.0 Å². The van der Waals surface area contributed by atoms with Crippen molar-refractivity contribution in [2.75, 3.05) is 17.9 Å². The van der Waals surface area contributed by atoms with E-state index in [1.54, 1.807) is 38.1 Å². The van der Waals surface area contributed by atoms with Crippen LogP contribution >= 0.6 is 11.6 Å². The third-order valence-electron chi connectivity index (χ3n) is 6.08. The monoisotopic (exact) mass is 527 g/mol. The van der Waals surface area contributed by atoms with Crippen LogP contribution in [0.3, 0.4) is 0 Å². The number of anilines is 1. The highest BCUT2D eigenvalue weighted by Gasteiger charge is 2.33. The van der Waals surface area contributed by atoms with E-state index in [0.29, 0.717) is 16.3 Å². The summed E-state index contributed by atoms with van der Waals surface area (Å²) in [7, 11) is -2.63. The van der Waals surface area contributed by atoms with Gasteiger partial charge < -0.3 is 10.2 Å². The second-order valence-electron chi connectivity index (χ2n) is 8.49. The molecule has 0 bridgehead atoms. The maximum Gasteiger partial charge on any atom is 0.264 e. The van der Waals surface area contributed by atoms with Crippen molar-refractivity contribution in [2.24, 2.45) is 0 Å². The minimum absolute atomic E-state index is 0.00718. The van der Waals surface area contributed by atoms with Gasteiger partial charge in [-0.15, -0.1) is 0 Å². The van der Waals surface area contributed by atoms with E-state index in [9.17, 15) is 18.0 Å². The lowest BCUT2D eigenvalue weighted by Crippen LogP contribution is -2.50. The molecule has 0 aliphatic carbocycles. The molecule has 190 valence electrons.